The highest BCUT2D eigenvalue weighted by Crippen LogP contribution is 2.30. The average molecular weight is 553 g/mol. The molecule has 0 radical (unpaired) electrons. The fourth-order valence-electron chi connectivity index (χ4n) is 4.74. The highest BCUT2D eigenvalue weighted by atomic mass is 32.2. The second-order valence-corrected chi connectivity index (χ2v) is 11.3. The predicted molar refractivity (Wildman–Crippen MR) is 152 cm³/mol. The minimum atomic E-state index is -3.70. The predicted octanol–water partition coefficient (Wildman–Crippen LogP) is 5.28. The molecule has 0 saturated heterocycles. The number of hydrogen-bond donors (Lipinski definition) is 1. The molecule has 39 heavy (non-hydrogen) atoms. The first kappa shape index (κ1) is 28.5. The standard InChI is InChI=1S/C29H36N4O5S/c1-4-19-37-25-18-12-11-16-23(25)27-31-28-26(29(34)32-27)30-20-33(28)24(21(2)38-39(3,35)36)17-10-6-9-15-22-13-7-5-8-14-22/h5,7-8,11-14,16,18,20-21,24H,4,6,9-10,15,17,19H2,1-3H3,(H,31,32,34). The van der Waals surface area contributed by atoms with Gasteiger partial charge in [-0.25, -0.2) is 9.97 Å². The molecular weight excluding hydrogens is 516 g/mol. The van der Waals surface area contributed by atoms with Gasteiger partial charge in [-0.05, 0) is 50.3 Å². The van der Waals surface area contributed by atoms with Crippen LogP contribution in [0.2, 0.25) is 0 Å². The topological polar surface area (TPSA) is 116 Å². The molecule has 2 unspecified atom stereocenters. The number of aryl methyl sites for hydroxylation is 1. The van der Waals surface area contributed by atoms with Gasteiger partial charge in [0.05, 0.1) is 36.9 Å². The minimum absolute atomic E-state index is 0.186. The molecule has 4 aromatic rings. The van der Waals surface area contributed by atoms with Crippen LogP contribution >= 0.6 is 0 Å². The van der Waals surface area contributed by atoms with Crippen molar-refractivity contribution < 1.29 is 17.3 Å². The second-order valence-electron chi connectivity index (χ2n) is 9.74. The lowest BCUT2D eigenvalue weighted by molar-refractivity contribution is 0.156. The van der Waals surface area contributed by atoms with Gasteiger partial charge in [-0.1, -0.05) is 62.2 Å². The Hall–Kier alpha value is -3.50. The first-order valence-electron chi connectivity index (χ1n) is 13.4. The zero-order valence-electron chi connectivity index (χ0n) is 22.7. The summed E-state index contributed by atoms with van der Waals surface area (Å²) in [6, 6.07) is 17.3. The van der Waals surface area contributed by atoms with Crippen LogP contribution in [0.1, 0.15) is 57.6 Å². The highest BCUT2D eigenvalue weighted by Gasteiger charge is 2.26. The Morgan fingerprint density at radius 3 is 2.51 bits per heavy atom. The summed E-state index contributed by atoms with van der Waals surface area (Å²) in [4.78, 5) is 25.0. The molecule has 2 aromatic carbocycles. The number of fused-ring (bicyclic) bond motifs is 1. The average Bonchev–Trinajstić information content (AvgIpc) is 3.33. The van der Waals surface area contributed by atoms with Gasteiger partial charge in [0.2, 0.25) is 0 Å². The Morgan fingerprint density at radius 2 is 1.77 bits per heavy atom. The number of imidazole rings is 1. The summed E-state index contributed by atoms with van der Waals surface area (Å²) in [7, 11) is -3.70. The molecule has 0 aliphatic carbocycles. The summed E-state index contributed by atoms with van der Waals surface area (Å²) >= 11 is 0. The molecule has 4 rings (SSSR count). The molecule has 2 aromatic heterocycles. The van der Waals surface area contributed by atoms with Crippen molar-refractivity contribution in [1.29, 1.82) is 0 Å². The van der Waals surface area contributed by atoms with Crippen molar-refractivity contribution in [2.24, 2.45) is 0 Å². The SMILES string of the molecule is CCCOc1ccccc1-c1nc2c(ncn2C(CCCCCc2ccccc2)C(C)OS(C)(=O)=O)c(=O)[nH]1. The van der Waals surface area contributed by atoms with Gasteiger partial charge in [-0.3, -0.25) is 8.98 Å². The van der Waals surface area contributed by atoms with Crippen LogP contribution in [-0.4, -0.2) is 46.9 Å². The van der Waals surface area contributed by atoms with Gasteiger partial charge in [0.25, 0.3) is 15.7 Å². The van der Waals surface area contributed by atoms with Crippen molar-refractivity contribution in [2.75, 3.05) is 12.9 Å². The van der Waals surface area contributed by atoms with Crippen LogP contribution in [-0.2, 0) is 20.7 Å². The third kappa shape index (κ3) is 7.54. The maximum Gasteiger partial charge on any atom is 0.279 e. The molecule has 0 saturated carbocycles. The lowest BCUT2D eigenvalue weighted by Gasteiger charge is -2.25. The van der Waals surface area contributed by atoms with E-state index >= 15 is 0 Å². The zero-order chi connectivity index (χ0) is 27.8. The lowest BCUT2D eigenvalue weighted by atomic mass is 10.0. The van der Waals surface area contributed by atoms with E-state index in [4.69, 9.17) is 13.9 Å². The number of aromatic amines is 1. The summed E-state index contributed by atoms with van der Waals surface area (Å²) in [6.45, 7) is 4.28. The number of nitrogens with zero attached hydrogens (tertiary/aromatic N) is 3. The molecule has 208 valence electrons. The normalized spacial score (nSPS) is 13.4. The summed E-state index contributed by atoms with van der Waals surface area (Å²) in [5.41, 5.74) is 2.14. The van der Waals surface area contributed by atoms with Crippen LogP contribution in [0.25, 0.3) is 22.6 Å². The number of para-hydroxylation sites is 1. The van der Waals surface area contributed by atoms with Gasteiger partial charge in [0.15, 0.2) is 11.2 Å². The van der Waals surface area contributed by atoms with Crippen molar-refractivity contribution in [1.82, 2.24) is 19.5 Å². The maximum absolute atomic E-state index is 13.0. The molecule has 0 aliphatic heterocycles. The van der Waals surface area contributed by atoms with Gasteiger partial charge in [0, 0.05) is 0 Å². The fourth-order valence-corrected chi connectivity index (χ4v) is 5.42. The van der Waals surface area contributed by atoms with Crippen LogP contribution in [0.3, 0.4) is 0 Å². The van der Waals surface area contributed by atoms with E-state index in [9.17, 15) is 13.2 Å². The van der Waals surface area contributed by atoms with E-state index in [0.29, 0.717) is 35.8 Å². The molecular formula is C29H36N4O5S. The number of H-pyrrole nitrogens is 1. The van der Waals surface area contributed by atoms with Gasteiger partial charge in [-0.15, -0.1) is 0 Å². The molecule has 0 aliphatic rings. The molecule has 0 bridgehead atoms. The Bertz CT molecular complexity index is 1530. The summed E-state index contributed by atoms with van der Waals surface area (Å²) in [5, 5.41) is 0. The van der Waals surface area contributed by atoms with E-state index in [-0.39, 0.29) is 11.1 Å². The minimum Gasteiger partial charge on any atom is -0.493 e. The van der Waals surface area contributed by atoms with E-state index in [1.54, 1.807) is 17.8 Å². The summed E-state index contributed by atoms with van der Waals surface area (Å²) in [5.74, 6) is 0.982. The van der Waals surface area contributed by atoms with E-state index in [2.05, 4.69) is 22.1 Å². The van der Waals surface area contributed by atoms with Crippen LogP contribution in [0.5, 0.6) is 5.75 Å². The molecule has 0 fully saturated rings. The summed E-state index contributed by atoms with van der Waals surface area (Å²) in [6.07, 6.45) is 7.19. The van der Waals surface area contributed by atoms with Gasteiger partial charge in [-0.2, -0.15) is 8.42 Å². The van der Waals surface area contributed by atoms with Crippen LogP contribution < -0.4 is 10.3 Å². The number of benzene rings is 2. The van der Waals surface area contributed by atoms with E-state index in [0.717, 1.165) is 38.4 Å². The molecule has 0 amide bonds. The number of ether oxygens (including phenoxy) is 1. The van der Waals surface area contributed by atoms with Crippen molar-refractivity contribution in [3.05, 3.63) is 76.8 Å². The van der Waals surface area contributed by atoms with Gasteiger partial charge in [0.1, 0.15) is 11.6 Å². The first-order chi connectivity index (χ1) is 18.8. The van der Waals surface area contributed by atoms with Crippen LogP contribution in [0.15, 0.2) is 65.7 Å². The molecule has 10 heteroatoms. The van der Waals surface area contributed by atoms with Crippen molar-refractivity contribution in [3.63, 3.8) is 0 Å². The van der Waals surface area contributed by atoms with Gasteiger partial charge >= 0.3 is 0 Å². The van der Waals surface area contributed by atoms with Crippen molar-refractivity contribution >= 4 is 21.3 Å². The first-order valence-corrected chi connectivity index (χ1v) is 15.2. The van der Waals surface area contributed by atoms with E-state index in [1.807, 2.05) is 49.4 Å². The smallest absolute Gasteiger partial charge is 0.279 e. The number of nitrogens with one attached hydrogen (secondary N) is 1. The van der Waals surface area contributed by atoms with E-state index < -0.39 is 22.3 Å². The third-order valence-electron chi connectivity index (χ3n) is 6.57. The summed E-state index contributed by atoms with van der Waals surface area (Å²) < 4.78 is 37.0. The quantitative estimate of drug-likeness (QED) is 0.167. The Labute approximate surface area is 229 Å². The Morgan fingerprint density at radius 1 is 1.03 bits per heavy atom. The van der Waals surface area contributed by atoms with Crippen LogP contribution in [0.4, 0.5) is 0 Å². The molecule has 9 nitrogen and oxygen atoms in total. The highest BCUT2D eigenvalue weighted by molar-refractivity contribution is 7.86. The molecule has 0 spiro atoms. The molecule has 2 atom stereocenters. The Balaban J connectivity index is 1.63. The van der Waals surface area contributed by atoms with Crippen LogP contribution in [0, 0.1) is 0 Å². The van der Waals surface area contributed by atoms with Gasteiger partial charge < -0.3 is 14.3 Å². The molecule has 1 N–H and O–H groups in total. The number of hydrogen-bond acceptors (Lipinski definition) is 7. The van der Waals surface area contributed by atoms with Crippen molar-refractivity contribution in [3.8, 4) is 17.1 Å². The second kappa shape index (κ2) is 13.0. The van der Waals surface area contributed by atoms with E-state index in [1.165, 1.54) is 5.56 Å². The number of aromatic nitrogens is 4. The lowest BCUT2D eigenvalue weighted by Crippen LogP contribution is -2.27. The number of unbranched alkanes of at least 4 members (excludes halogenated alkanes) is 2. The number of rotatable bonds is 14. The largest absolute Gasteiger partial charge is 0.493 e. The zero-order valence-corrected chi connectivity index (χ0v) is 23.5. The Kier molecular flexibility index (Phi) is 9.53. The van der Waals surface area contributed by atoms with Crippen molar-refractivity contribution in [2.45, 2.75) is 64.5 Å². The molecule has 2 heterocycles. The fraction of sp³-hybridized carbons (Fsp3) is 0.414. The third-order valence-corrected chi connectivity index (χ3v) is 7.22. The maximum atomic E-state index is 13.0. The monoisotopic (exact) mass is 552 g/mol.